The van der Waals surface area contributed by atoms with Crippen LogP contribution in [0, 0.1) is 11.8 Å². The molecule has 1 amide bonds. The average Bonchev–Trinajstić information content (AvgIpc) is 3.41. The molecule has 0 bridgehead atoms. The summed E-state index contributed by atoms with van der Waals surface area (Å²) < 4.78 is 0. The Balaban J connectivity index is 0.00000128. The molecule has 3 aliphatic rings. The minimum atomic E-state index is 0. The molecule has 3 atom stereocenters. The van der Waals surface area contributed by atoms with Gasteiger partial charge < -0.3 is 10.2 Å². The first-order chi connectivity index (χ1) is 13.7. The van der Waals surface area contributed by atoms with Gasteiger partial charge in [0, 0.05) is 31.1 Å². The molecule has 4 heterocycles. The van der Waals surface area contributed by atoms with Crippen LogP contribution in [0.5, 0.6) is 0 Å². The second kappa shape index (κ2) is 8.77. The van der Waals surface area contributed by atoms with E-state index in [1.807, 2.05) is 11.0 Å². The van der Waals surface area contributed by atoms with E-state index in [1.54, 1.807) is 17.1 Å². The fourth-order valence-corrected chi connectivity index (χ4v) is 4.69. The summed E-state index contributed by atoms with van der Waals surface area (Å²) in [5.74, 6) is 2.01. The molecule has 2 aromatic rings. The molecule has 1 N–H and O–H groups in total. The van der Waals surface area contributed by atoms with Crippen LogP contribution in [0.15, 0.2) is 36.9 Å². The second-order valence-corrected chi connectivity index (χ2v) is 7.98. The quantitative estimate of drug-likeness (QED) is 0.782. The van der Waals surface area contributed by atoms with E-state index in [9.17, 15) is 4.79 Å². The van der Waals surface area contributed by atoms with Crippen molar-refractivity contribution in [3.63, 3.8) is 0 Å². The molecule has 2 aliphatic heterocycles. The standard InChI is InChI=1S/C20H23N7O.2CH4/c1-13-2-4-15-6-14(9-21-20(15)24-13)3-5-19(28)26-10-16-7-18(8-17(16)11-26)27-23-12-22-25-27;;/h3,5-6,9,12,16-18H,1-2,4,7-8,10-11H2,(H,21,24);2*1H4/b5-3+;;/t16-,17+,18?;;. The van der Waals surface area contributed by atoms with Gasteiger partial charge in [0.1, 0.15) is 5.82 Å². The van der Waals surface area contributed by atoms with Crippen molar-refractivity contribution in [1.82, 2.24) is 30.1 Å². The van der Waals surface area contributed by atoms with Crippen LogP contribution in [0.3, 0.4) is 0 Å². The van der Waals surface area contributed by atoms with Gasteiger partial charge in [0.05, 0.1) is 6.04 Å². The number of likely N-dealkylation sites (tertiary alicyclic amines) is 1. The highest BCUT2D eigenvalue weighted by Crippen LogP contribution is 2.43. The Labute approximate surface area is 178 Å². The van der Waals surface area contributed by atoms with Crippen LogP contribution in [0.25, 0.3) is 6.08 Å². The molecule has 8 heteroatoms. The Morgan fingerprint density at radius 3 is 2.67 bits per heavy atom. The molecule has 160 valence electrons. The molecule has 2 fully saturated rings. The molecule has 5 rings (SSSR count). The lowest BCUT2D eigenvalue weighted by Gasteiger charge is -2.19. The van der Waals surface area contributed by atoms with Crippen LogP contribution in [0.4, 0.5) is 5.82 Å². The molecule has 8 nitrogen and oxygen atoms in total. The molecule has 0 aromatic carbocycles. The number of anilines is 1. The van der Waals surface area contributed by atoms with E-state index in [0.717, 1.165) is 55.9 Å². The molecule has 1 saturated heterocycles. The van der Waals surface area contributed by atoms with Crippen molar-refractivity contribution >= 4 is 17.8 Å². The number of carbonyl (C=O) groups is 1. The number of rotatable bonds is 3. The molecule has 2 aromatic heterocycles. The number of nitrogens with one attached hydrogen (secondary N) is 1. The number of hydrogen-bond acceptors (Lipinski definition) is 6. The summed E-state index contributed by atoms with van der Waals surface area (Å²) in [5, 5.41) is 15.2. The normalized spacial score (nSPS) is 24.6. The third-order valence-corrected chi connectivity index (χ3v) is 6.13. The zero-order valence-electron chi connectivity index (χ0n) is 15.7. The monoisotopic (exact) mass is 409 g/mol. The lowest BCUT2D eigenvalue weighted by Crippen LogP contribution is -2.28. The Hall–Kier alpha value is -3.03. The molecule has 1 saturated carbocycles. The molecule has 30 heavy (non-hydrogen) atoms. The fourth-order valence-electron chi connectivity index (χ4n) is 4.69. The zero-order chi connectivity index (χ0) is 19.1. The number of tetrazole rings is 1. The fraction of sp³-hybridized carbons (Fsp3) is 0.500. The molecule has 0 spiro atoms. The van der Waals surface area contributed by atoms with Gasteiger partial charge >= 0.3 is 0 Å². The van der Waals surface area contributed by atoms with Gasteiger partial charge in [-0.1, -0.05) is 21.4 Å². The summed E-state index contributed by atoms with van der Waals surface area (Å²) >= 11 is 0. The number of allylic oxidation sites excluding steroid dienone is 1. The van der Waals surface area contributed by atoms with Gasteiger partial charge in [0.25, 0.3) is 0 Å². The number of nitrogens with zero attached hydrogens (tertiary/aromatic N) is 6. The first kappa shape index (κ1) is 21.7. The van der Waals surface area contributed by atoms with Gasteiger partial charge in [-0.25, -0.2) is 4.98 Å². The van der Waals surface area contributed by atoms with Crippen molar-refractivity contribution in [2.75, 3.05) is 18.4 Å². The smallest absolute Gasteiger partial charge is 0.246 e. The minimum Gasteiger partial charge on any atom is -0.344 e. The van der Waals surface area contributed by atoms with Crippen LogP contribution in [-0.4, -0.2) is 49.1 Å². The minimum absolute atomic E-state index is 0. The summed E-state index contributed by atoms with van der Waals surface area (Å²) in [5.41, 5.74) is 3.13. The first-order valence-electron chi connectivity index (χ1n) is 9.79. The highest BCUT2D eigenvalue weighted by atomic mass is 16.2. The summed E-state index contributed by atoms with van der Waals surface area (Å²) in [6.07, 6.45) is 10.7. The van der Waals surface area contributed by atoms with E-state index < -0.39 is 0 Å². The van der Waals surface area contributed by atoms with Crippen molar-refractivity contribution in [3.8, 4) is 0 Å². The lowest BCUT2D eigenvalue weighted by atomic mass is 10.0. The van der Waals surface area contributed by atoms with Crippen molar-refractivity contribution in [2.45, 2.75) is 46.6 Å². The Morgan fingerprint density at radius 1 is 1.20 bits per heavy atom. The van der Waals surface area contributed by atoms with Gasteiger partial charge in [0.15, 0.2) is 6.33 Å². The van der Waals surface area contributed by atoms with Crippen LogP contribution in [0.1, 0.15) is 51.3 Å². The number of amides is 1. The van der Waals surface area contributed by atoms with Crippen molar-refractivity contribution in [2.24, 2.45) is 11.8 Å². The van der Waals surface area contributed by atoms with Crippen LogP contribution in [0.2, 0.25) is 0 Å². The number of fused-ring (bicyclic) bond motifs is 2. The average molecular weight is 410 g/mol. The first-order valence-corrected chi connectivity index (χ1v) is 9.79. The number of carbonyl (C=O) groups excluding carboxylic acids is 1. The highest BCUT2D eigenvalue weighted by molar-refractivity contribution is 5.92. The van der Waals surface area contributed by atoms with Crippen LogP contribution < -0.4 is 5.32 Å². The maximum Gasteiger partial charge on any atom is 0.246 e. The maximum atomic E-state index is 12.6. The number of pyridine rings is 1. The van der Waals surface area contributed by atoms with Gasteiger partial charge in [-0.3, -0.25) is 4.79 Å². The van der Waals surface area contributed by atoms with Gasteiger partial charge in [-0.05, 0) is 66.0 Å². The molecular weight excluding hydrogens is 378 g/mol. The van der Waals surface area contributed by atoms with E-state index in [4.69, 9.17) is 0 Å². The van der Waals surface area contributed by atoms with Crippen molar-refractivity contribution in [1.29, 1.82) is 0 Å². The third kappa shape index (κ3) is 4.13. The van der Waals surface area contributed by atoms with Gasteiger partial charge in [-0.15, -0.1) is 10.2 Å². The predicted octanol–water partition coefficient (Wildman–Crippen LogP) is 3.34. The van der Waals surface area contributed by atoms with E-state index in [2.05, 4.69) is 38.4 Å². The second-order valence-electron chi connectivity index (χ2n) is 7.98. The topological polar surface area (TPSA) is 88.8 Å². The largest absolute Gasteiger partial charge is 0.344 e. The molecule has 0 radical (unpaired) electrons. The summed E-state index contributed by atoms with van der Waals surface area (Å²) in [7, 11) is 0. The molecule has 1 unspecified atom stereocenters. The summed E-state index contributed by atoms with van der Waals surface area (Å²) in [6, 6.07) is 2.41. The summed E-state index contributed by atoms with van der Waals surface area (Å²) in [4.78, 5) is 20.8. The SMILES string of the molecule is C.C.C=C1CCc2cc(/C=C/C(=O)N3C[C@H]4CC(n5ncnn5)C[C@H]4C3)cnc2N1. The van der Waals surface area contributed by atoms with Crippen LogP contribution >= 0.6 is 0 Å². The lowest BCUT2D eigenvalue weighted by molar-refractivity contribution is -0.125. The zero-order valence-corrected chi connectivity index (χ0v) is 15.7. The maximum absolute atomic E-state index is 12.6. The van der Waals surface area contributed by atoms with E-state index >= 15 is 0 Å². The third-order valence-electron chi connectivity index (χ3n) is 6.13. The predicted molar refractivity (Wildman–Crippen MR) is 117 cm³/mol. The van der Waals surface area contributed by atoms with E-state index in [1.165, 1.54) is 11.9 Å². The van der Waals surface area contributed by atoms with Gasteiger partial charge in [-0.2, -0.15) is 4.80 Å². The Bertz CT molecular complexity index is 923. The van der Waals surface area contributed by atoms with Crippen molar-refractivity contribution in [3.05, 3.63) is 48.1 Å². The van der Waals surface area contributed by atoms with E-state index in [-0.39, 0.29) is 20.8 Å². The highest BCUT2D eigenvalue weighted by Gasteiger charge is 2.43. The Kier molecular flexibility index (Phi) is 6.34. The Morgan fingerprint density at radius 2 is 1.97 bits per heavy atom. The number of aromatic nitrogens is 5. The summed E-state index contributed by atoms with van der Waals surface area (Å²) in [6.45, 7) is 5.58. The molecular formula is C22H31N7O. The van der Waals surface area contributed by atoms with Gasteiger partial charge in [0.2, 0.25) is 5.91 Å². The van der Waals surface area contributed by atoms with Crippen molar-refractivity contribution < 1.29 is 4.79 Å². The van der Waals surface area contributed by atoms with E-state index in [0.29, 0.717) is 17.9 Å². The van der Waals surface area contributed by atoms with Crippen LogP contribution in [-0.2, 0) is 11.2 Å². The number of aryl methyl sites for hydroxylation is 1. The molecule has 1 aliphatic carbocycles. The number of hydrogen-bond donors (Lipinski definition) is 1.